The Hall–Kier alpha value is -3.35. The lowest BCUT2D eigenvalue weighted by molar-refractivity contribution is -0.143. The maximum Gasteiger partial charge on any atom is 0.407 e. The number of amides is 2. The van der Waals surface area contributed by atoms with Crippen LogP contribution in [0.3, 0.4) is 0 Å². The highest BCUT2D eigenvalue weighted by Gasteiger charge is 2.59. The molecule has 2 aromatic rings. The number of ether oxygens (including phenoxy) is 1. The molecule has 5 rings (SSSR count). The monoisotopic (exact) mass is 476 g/mol. The van der Waals surface area contributed by atoms with E-state index >= 15 is 0 Å². The van der Waals surface area contributed by atoms with Crippen molar-refractivity contribution in [2.45, 2.75) is 45.1 Å². The SMILES string of the molecule is CC(C)C[C@@H](NC(=O)OCC1c2ccccc2-c2ccccc21)C(=O)N1CC(C(=O)O)C2(CC2)C1. The van der Waals surface area contributed by atoms with Crippen molar-refractivity contribution in [2.75, 3.05) is 19.7 Å². The number of benzene rings is 2. The third kappa shape index (κ3) is 4.40. The standard InChI is InChI=1S/C28H32N2O5/c1-17(2)13-24(25(31)30-14-23(26(32)33)28(16-30)11-12-28)29-27(34)35-15-22-20-9-5-3-7-18(20)19-8-4-6-10-21(19)22/h3-10,17,22-24H,11-16H2,1-2H3,(H,29,34)(H,32,33)/t23?,24-/m1/s1. The van der Waals surface area contributed by atoms with Crippen LogP contribution >= 0.6 is 0 Å². The molecule has 0 radical (unpaired) electrons. The summed E-state index contributed by atoms with van der Waals surface area (Å²) in [6.07, 6.45) is 1.51. The number of nitrogens with zero attached hydrogens (tertiary/aromatic N) is 1. The quantitative estimate of drug-likeness (QED) is 0.622. The Morgan fingerprint density at radius 2 is 1.66 bits per heavy atom. The van der Waals surface area contributed by atoms with Gasteiger partial charge in [-0.2, -0.15) is 0 Å². The van der Waals surface area contributed by atoms with Crippen LogP contribution in [-0.4, -0.2) is 53.7 Å². The fraction of sp³-hybridized carbons (Fsp3) is 0.464. The Bertz CT molecular complexity index is 1110. The minimum absolute atomic E-state index is 0.0583. The number of hydrogen-bond acceptors (Lipinski definition) is 4. The number of carbonyl (C=O) groups excluding carboxylic acids is 2. The molecule has 2 N–H and O–H groups in total. The van der Waals surface area contributed by atoms with Crippen LogP contribution in [0, 0.1) is 17.3 Å². The number of aliphatic carboxylic acids is 1. The Morgan fingerprint density at radius 1 is 1.06 bits per heavy atom. The molecule has 184 valence electrons. The van der Waals surface area contributed by atoms with Gasteiger partial charge in [-0.3, -0.25) is 9.59 Å². The summed E-state index contributed by atoms with van der Waals surface area (Å²) in [4.78, 5) is 39.5. The molecule has 1 saturated carbocycles. The lowest BCUT2D eigenvalue weighted by atomic mass is 9.93. The van der Waals surface area contributed by atoms with Crippen LogP contribution in [-0.2, 0) is 14.3 Å². The number of carboxylic acid groups (broad SMARTS) is 1. The second kappa shape index (κ2) is 9.02. The van der Waals surface area contributed by atoms with Crippen molar-refractivity contribution in [3.63, 3.8) is 0 Å². The molecule has 1 aliphatic heterocycles. The molecule has 1 unspecified atom stereocenters. The summed E-state index contributed by atoms with van der Waals surface area (Å²) in [5, 5.41) is 12.4. The second-order valence-electron chi connectivity index (χ2n) is 10.6. The number of hydrogen-bond donors (Lipinski definition) is 2. The summed E-state index contributed by atoms with van der Waals surface area (Å²) in [6, 6.07) is 15.5. The molecule has 2 amide bonds. The molecule has 0 aromatic heterocycles. The molecular weight excluding hydrogens is 444 g/mol. The Balaban J connectivity index is 1.25. The molecular formula is C28H32N2O5. The molecule has 0 bridgehead atoms. The molecule has 3 aliphatic rings. The minimum Gasteiger partial charge on any atom is -0.481 e. The third-order valence-electron chi connectivity index (χ3n) is 7.79. The van der Waals surface area contributed by atoms with Crippen LogP contribution in [0.2, 0.25) is 0 Å². The van der Waals surface area contributed by atoms with Crippen molar-refractivity contribution in [3.05, 3.63) is 59.7 Å². The van der Waals surface area contributed by atoms with Gasteiger partial charge in [0.05, 0.1) is 5.92 Å². The summed E-state index contributed by atoms with van der Waals surface area (Å²) < 4.78 is 5.66. The Labute approximate surface area is 205 Å². The summed E-state index contributed by atoms with van der Waals surface area (Å²) in [5.74, 6) is -1.48. The number of likely N-dealkylation sites (tertiary alicyclic amines) is 1. The van der Waals surface area contributed by atoms with Gasteiger partial charge in [-0.25, -0.2) is 4.79 Å². The zero-order valence-corrected chi connectivity index (χ0v) is 20.2. The summed E-state index contributed by atoms with van der Waals surface area (Å²) >= 11 is 0. The zero-order chi connectivity index (χ0) is 24.7. The van der Waals surface area contributed by atoms with Gasteiger partial charge in [-0.1, -0.05) is 62.4 Å². The van der Waals surface area contributed by atoms with E-state index in [-0.39, 0.29) is 36.3 Å². The second-order valence-corrected chi connectivity index (χ2v) is 10.6. The van der Waals surface area contributed by atoms with Crippen molar-refractivity contribution in [3.8, 4) is 11.1 Å². The number of carboxylic acids is 1. The molecule has 1 saturated heterocycles. The maximum absolute atomic E-state index is 13.4. The molecule has 1 spiro atoms. The number of nitrogens with one attached hydrogen (secondary N) is 1. The van der Waals surface area contributed by atoms with Crippen molar-refractivity contribution in [2.24, 2.45) is 17.3 Å². The van der Waals surface area contributed by atoms with Crippen LogP contribution in [0.15, 0.2) is 48.5 Å². The number of rotatable bonds is 7. The number of fused-ring (bicyclic) bond motifs is 3. The van der Waals surface area contributed by atoms with E-state index in [2.05, 4.69) is 29.6 Å². The van der Waals surface area contributed by atoms with E-state index in [1.54, 1.807) is 4.90 Å². The highest BCUT2D eigenvalue weighted by molar-refractivity contribution is 5.87. The van der Waals surface area contributed by atoms with Crippen molar-refractivity contribution >= 4 is 18.0 Å². The molecule has 1 heterocycles. The van der Waals surface area contributed by atoms with Gasteiger partial charge in [-0.05, 0) is 47.4 Å². The first kappa shape index (κ1) is 23.4. The van der Waals surface area contributed by atoms with Gasteiger partial charge in [0.1, 0.15) is 12.6 Å². The van der Waals surface area contributed by atoms with E-state index in [1.807, 2.05) is 38.1 Å². The minimum atomic E-state index is -0.845. The van der Waals surface area contributed by atoms with Gasteiger partial charge < -0.3 is 20.1 Å². The van der Waals surface area contributed by atoms with Gasteiger partial charge in [0.25, 0.3) is 0 Å². The molecule has 2 atom stereocenters. The van der Waals surface area contributed by atoms with Crippen LogP contribution in [0.1, 0.15) is 50.2 Å². The highest BCUT2D eigenvalue weighted by Crippen LogP contribution is 2.56. The molecule has 2 fully saturated rings. The molecule has 2 aromatic carbocycles. The van der Waals surface area contributed by atoms with Crippen LogP contribution < -0.4 is 5.32 Å². The topological polar surface area (TPSA) is 95.9 Å². The Morgan fingerprint density at radius 3 is 2.17 bits per heavy atom. The average molecular weight is 477 g/mol. The van der Waals surface area contributed by atoms with Crippen molar-refractivity contribution in [1.82, 2.24) is 10.2 Å². The first-order valence-electron chi connectivity index (χ1n) is 12.4. The van der Waals surface area contributed by atoms with Gasteiger partial charge >= 0.3 is 12.1 Å². The first-order valence-corrected chi connectivity index (χ1v) is 12.4. The normalized spacial score (nSPS) is 20.4. The molecule has 7 heteroatoms. The Kier molecular flexibility index (Phi) is 6.03. The van der Waals surface area contributed by atoms with E-state index in [1.165, 1.54) is 0 Å². The number of carbonyl (C=O) groups is 3. The zero-order valence-electron chi connectivity index (χ0n) is 20.2. The van der Waals surface area contributed by atoms with E-state index in [9.17, 15) is 19.5 Å². The van der Waals surface area contributed by atoms with E-state index < -0.39 is 24.0 Å². The van der Waals surface area contributed by atoms with Crippen LogP contribution in [0.4, 0.5) is 4.79 Å². The summed E-state index contributed by atoms with van der Waals surface area (Å²) in [5.41, 5.74) is 4.28. The van der Waals surface area contributed by atoms with E-state index in [0.29, 0.717) is 13.0 Å². The smallest absolute Gasteiger partial charge is 0.407 e. The van der Waals surface area contributed by atoms with Gasteiger partial charge in [0.15, 0.2) is 0 Å². The van der Waals surface area contributed by atoms with Crippen molar-refractivity contribution in [1.29, 1.82) is 0 Å². The first-order chi connectivity index (χ1) is 16.8. The molecule has 35 heavy (non-hydrogen) atoms. The van der Waals surface area contributed by atoms with Gasteiger partial charge in [0, 0.05) is 24.4 Å². The van der Waals surface area contributed by atoms with E-state index in [4.69, 9.17) is 4.74 Å². The highest BCUT2D eigenvalue weighted by atomic mass is 16.5. The lowest BCUT2D eigenvalue weighted by Crippen LogP contribution is -2.49. The molecule has 2 aliphatic carbocycles. The average Bonchev–Trinajstić information content (AvgIpc) is 3.38. The predicted octanol–water partition coefficient (Wildman–Crippen LogP) is 4.26. The third-order valence-corrected chi connectivity index (χ3v) is 7.79. The number of alkyl carbamates (subject to hydrolysis) is 1. The summed E-state index contributed by atoms with van der Waals surface area (Å²) in [7, 11) is 0. The van der Waals surface area contributed by atoms with Gasteiger partial charge in [0.2, 0.25) is 5.91 Å². The fourth-order valence-corrected chi connectivity index (χ4v) is 5.84. The fourth-order valence-electron chi connectivity index (χ4n) is 5.84. The van der Waals surface area contributed by atoms with Gasteiger partial charge in [-0.15, -0.1) is 0 Å². The van der Waals surface area contributed by atoms with Crippen LogP contribution in [0.5, 0.6) is 0 Å². The predicted molar refractivity (Wildman–Crippen MR) is 131 cm³/mol. The molecule has 7 nitrogen and oxygen atoms in total. The maximum atomic E-state index is 13.4. The van der Waals surface area contributed by atoms with Crippen molar-refractivity contribution < 1.29 is 24.2 Å². The summed E-state index contributed by atoms with van der Waals surface area (Å²) in [6.45, 7) is 4.81. The van der Waals surface area contributed by atoms with E-state index in [0.717, 1.165) is 35.1 Å². The van der Waals surface area contributed by atoms with Crippen LogP contribution in [0.25, 0.3) is 11.1 Å². The lowest BCUT2D eigenvalue weighted by Gasteiger charge is -2.25. The largest absolute Gasteiger partial charge is 0.481 e.